The van der Waals surface area contributed by atoms with E-state index in [-0.39, 0.29) is 30.4 Å². The van der Waals surface area contributed by atoms with E-state index in [9.17, 15) is 28.8 Å². The lowest BCUT2D eigenvalue weighted by atomic mass is 9.96. The van der Waals surface area contributed by atoms with Crippen molar-refractivity contribution in [3.05, 3.63) is 76.3 Å². The number of carbonyl (C=O) groups is 6. The maximum absolute atomic E-state index is 14.4. The number of carbonyl (C=O) groups excluding carboxylic acids is 6. The second-order valence-corrected chi connectivity index (χ2v) is 14.7. The molecule has 2 unspecified atom stereocenters. The van der Waals surface area contributed by atoms with Gasteiger partial charge in [0.1, 0.15) is 48.1 Å². The predicted octanol–water partition coefficient (Wildman–Crippen LogP) is 1.85. The molecule has 1 saturated heterocycles. The van der Waals surface area contributed by atoms with Crippen LogP contribution in [0.2, 0.25) is 5.02 Å². The fourth-order valence-corrected chi connectivity index (χ4v) is 7.05. The molecule has 1 aliphatic carbocycles. The van der Waals surface area contributed by atoms with Crippen LogP contribution in [0.3, 0.4) is 0 Å². The third-order valence-electron chi connectivity index (χ3n) is 10.3. The number of ether oxygens (including phenoxy) is 3. The molecule has 0 aromatic heterocycles. The third-order valence-corrected chi connectivity index (χ3v) is 10.6. The van der Waals surface area contributed by atoms with E-state index < -0.39 is 71.7 Å². The van der Waals surface area contributed by atoms with Crippen molar-refractivity contribution in [3.8, 4) is 17.2 Å². The summed E-state index contributed by atoms with van der Waals surface area (Å²) < 4.78 is 17.1. The molecule has 56 heavy (non-hydrogen) atoms. The van der Waals surface area contributed by atoms with Crippen molar-refractivity contribution in [2.75, 3.05) is 28.3 Å². The van der Waals surface area contributed by atoms with Crippen LogP contribution >= 0.6 is 11.6 Å². The summed E-state index contributed by atoms with van der Waals surface area (Å²) in [7, 11) is 5.91. The predicted molar refractivity (Wildman–Crippen MR) is 207 cm³/mol. The summed E-state index contributed by atoms with van der Waals surface area (Å²) in [4.78, 5) is 86.2. The lowest BCUT2D eigenvalue weighted by Crippen LogP contribution is -2.61. The fraction of sp³-hybridized carbons (Fsp3) is 0.450. The van der Waals surface area contributed by atoms with Gasteiger partial charge in [0.25, 0.3) is 0 Å². The molecule has 6 amide bonds. The zero-order valence-corrected chi connectivity index (χ0v) is 33.3. The number of hydrogen-bond acceptors (Lipinski definition) is 9. The lowest BCUT2D eigenvalue weighted by molar-refractivity contribution is -0.145. The molecule has 0 saturated carbocycles. The van der Waals surface area contributed by atoms with Crippen LogP contribution in [0.15, 0.2) is 60.2 Å². The Balaban J connectivity index is 1.55. The third kappa shape index (κ3) is 9.62. The summed E-state index contributed by atoms with van der Waals surface area (Å²) in [6.45, 7) is 4.40. The largest absolute Gasteiger partial charge is 0.497 e. The van der Waals surface area contributed by atoms with Gasteiger partial charge in [-0.25, -0.2) is 0 Å². The van der Waals surface area contributed by atoms with Gasteiger partial charge in [-0.05, 0) is 61.7 Å². The molecule has 2 aromatic rings. The number of halogens is 1. The zero-order chi connectivity index (χ0) is 40.8. The van der Waals surface area contributed by atoms with Gasteiger partial charge < -0.3 is 45.3 Å². The lowest BCUT2D eigenvalue weighted by Gasteiger charge is -2.34. The molecule has 0 spiro atoms. The highest BCUT2D eigenvalue weighted by Gasteiger charge is 2.37. The molecule has 0 radical (unpaired) electrons. The maximum Gasteiger partial charge on any atom is 0.245 e. The second kappa shape index (κ2) is 17.9. The standard InChI is InChI=1S/C40H49ClN6O9/c1-21-35(48)43-22(2)39(52)46(4)31(16-24-8-12-27(54-6)13-9-24)37(50)44-23(3)40(53)47(5)32-17-25-10-14-28(15-11-25)56-34-19-26(29(41)20-33(34)55-7)18-30(36(49)42-21)45-38(32)51/h8-14,19-23,28,30-32H,15-18H2,1-7H3,(H,42,49)(H,43,48)(H,44,50)(H,45,51)/t21-,22+,23?,28?,30+,31+,32+/m1/s1. The SMILES string of the molecule is COc1ccc(C[C@H]2C(=O)NC(C)C(=O)N(C)[C@H]3CC4=CCC(C=C4)Oc4cc(c(Cl)cc4OC)C[C@H](NC3=O)C(=O)N[C@H](C)C(=O)N[C@@H](C)C(=O)N2C)cc1. The van der Waals surface area contributed by atoms with Gasteiger partial charge in [0, 0.05) is 50.9 Å². The molecule has 6 rings (SSSR count). The van der Waals surface area contributed by atoms with Crippen LogP contribution in [0.25, 0.3) is 0 Å². The summed E-state index contributed by atoms with van der Waals surface area (Å²) >= 11 is 6.68. The fourth-order valence-electron chi connectivity index (χ4n) is 6.82. The first-order valence-corrected chi connectivity index (χ1v) is 18.8. The number of allylic oxidation sites excluding steroid dienone is 1. The number of fused-ring (bicyclic) bond motifs is 1. The first-order chi connectivity index (χ1) is 26.6. The van der Waals surface area contributed by atoms with Crippen molar-refractivity contribution >= 4 is 47.0 Å². The average Bonchev–Trinajstić information content (AvgIpc) is 3.18. The van der Waals surface area contributed by atoms with Gasteiger partial charge in [0.05, 0.1) is 14.2 Å². The number of nitrogens with zero attached hydrogens (tertiary/aromatic N) is 2. The highest BCUT2D eigenvalue weighted by Crippen LogP contribution is 2.36. The molecule has 1 fully saturated rings. The van der Waals surface area contributed by atoms with E-state index in [0.717, 1.165) is 5.57 Å². The highest BCUT2D eigenvalue weighted by molar-refractivity contribution is 6.31. The molecule has 3 heterocycles. The van der Waals surface area contributed by atoms with Crippen molar-refractivity contribution < 1.29 is 43.0 Å². The van der Waals surface area contributed by atoms with E-state index in [1.54, 1.807) is 36.4 Å². The van der Waals surface area contributed by atoms with Gasteiger partial charge in [-0.15, -0.1) is 0 Å². The van der Waals surface area contributed by atoms with E-state index in [4.69, 9.17) is 25.8 Å². The normalized spacial score (nSPS) is 26.8. The number of benzene rings is 2. The van der Waals surface area contributed by atoms with Crippen molar-refractivity contribution in [2.24, 2.45) is 0 Å². The zero-order valence-electron chi connectivity index (χ0n) is 32.5. The topological polar surface area (TPSA) is 185 Å². The quantitative estimate of drug-likeness (QED) is 0.359. The minimum absolute atomic E-state index is 0.0652. The van der Waals surface area contributed by atoms with Gasteiger partial charge in [-0.1, -0.05) is 35.9 Å². The van der Waals surface area contributed by atoms with E-state index in [1.165, 1.54) is 58.9 Å². The van der Waals surface area contributed by atoms with Crippen molar-refractivity contribution in [2.45, 2.75) is 88.8 Å². The molecule has 6 bridgehead atoms. The van der Waals surface area contributed by atoms with Gasteiger partial charge in [0.15, 0.2) is 11.5 Å². The molecule has 4 aliphatic rings. The summed E-state index contributed by atoms with van der Waals surface area (Å²) in [6.07, 6.45) is 5.65. The van der Waals surface area contributed by atoms with E-state index in [2.05, 4.69) is 21.3 Å². The minimum atomic E-state index is -1.29. The average molecular weight is 793 g/mol. The molecule has 16 heteroatoms. The van der Waals surface area contributed by atoms with Crippen molar-refractivity contribution in [3.63, 3.8) is 0 Å². The Kier molecular flexibility index (Phi) is 13.3. The first-order valence-electron chi connectivity index (χ1n) is 18.4. The number of nitrogens with one attached hydrogen (secondary N) is 4. The summed E-state index contributed by atoms with van der Waals surface area (Å²) in [5.41, 5.74) is 1.89. The smallest absolute Gasteiger partial charge is 0.245 e. The Bertz CT molecular complexity index is 1920. The van der Waals surface area contributed by atoms with Crippen molar-refractivity contribution in [1.29, 1.82) is 0 Å². The van der Waals surface area contributed by atoms with E-state index in [0.29, 0.717) is 34.8 Å². The number of likely N-dealkylation sites (N-methyl/N-ethyl adjacent to an activating group) is 2. The van der Waals surface area contributed by atoms with E-state index in [1.807, 2.05) is 18.2 Å². The van der Waals surface area contributed by atoms with Crippen LogP contribution in [0, 0.1) is 0 Å². The van der Waals surface area contributed by atoms with Gasteiger partial charge in [-0.3, -0.25) is 28.8 Å². The molecule has 4 N–H and O–H groups in total. The van der Waals surface area contributed by atoms with Crippen LogP contribution in [0.5, 0.6) is 17.2 Å². The van der Waals surface area contributed by atoms with Gasteiger partial charge >= 0.3 is 0 Å². The number of hydrogen-bond donors (Lipinski definition) is 4. The number of amides is 6. The monoisotopic (exact) mass is 792 g/mol. The molecule has 15 nitrogen and oxygen atoms in total. The van der Waals surface area contributed by atoms with Gasteiger partial charge in [-0.2, -0.15) is 0 Å². The second-order valence-electron chi connectivity index (χ2n) is 14.3. The van der Waals surface area contributed by atoms with Crippen LogP contribution in [0.4, 0.5) is 0 Å². The molecular weight excluding hydrogens is 744 g/mol. The Morgan fingerprint density at radius 2 is 1.41 bits per heavy atom. The minimum Gasteiger partial charge on any atom is -0.497 e. The highest BCUT2D eigenvalue weighted by atomic mass is 35.5. The first kappa shape index (κ1) is 41.6. The Hall–Kier alpha value is -5.57. The molecule has 300 valence electrons. The molecule has 7 atom stereocenters. The Labute approximate surface area is 331 Å². The summed E-state index contributed by atoms with van der Waals surface area (Å²) in [6, 6.07) is 3.22. The number of methoxy groups -OCH3 is 2. The van der Waals surface area contributed by atoms with Crippen LogP contribution in [-0.2, 0) is 41.6 Å². The molecular formula is C40H49ClN6O9. The number of rotatable bonds is 4. The van der Waals surface area contributed by atoms with Gasteiger partial charge in [0.2, 0.25) is 35.4 Å². The van der Waals surface area contributed by atoms with Crippen LogP contribution in [-0.4, -0.2) is 116 Å². The molecule has 3 aliphatic heterocycles. The summed E-state index contributed by atoms with van der Waals surface area (Å²) in [5, 5.41) is 11.1. The maximum atomic E-state index is 14.4. The van der Waals surface area contributed by atoms with Crippen LogP contribution in [0.1, 0.15) is 44.7 Å². The van der Waals surface area contributed by atoms with Crippen LogP contribution < -0.4 is 35.5 Å². The Morgan fingerprint density at radius 3 is 2.04 bits per heavy atom. The Morgan fingerprint density at radius 1 is 0.768 bits per heavy atom. The van der Waals surface area contributed by atoms with E-state index >= 15 is 0 Å². The van der Waals surface area contributed by atoms with Crippen molar-refractivity contribution in [1.82, 2.24) is 31.1 Å². The molecule has 2 aromatic carbocycles. The summed E-state index contributed by atoms with van der Waals surface area (Å²) in [5.74, 6) is -2.48.